The predicted octanol–water partition coefficient (Wildman–Crippen LogP) is 3.25. The van der Waals surface area contributed by atoms with Gasteiger partial charge in [-0.2, -0.15) is 0 Å². The fraction of sp³-hybridized carbons (Fsp3) is 0.167. The number of esters is 1. The van der Waals surface area contributed by atoms with Gasteiger partial charge in [-0.3, -0.25) is 0 Å². The largest absolute Gasteiger partial charge is 0.464 e. The lowest BCUT2D eigenvalue weighted by Gasteiger charge is -2.03. The summed E-state index contributed by atoms with van der Waals surface area (Å²) in [5.41, 5.74) is 7.97. The van der Waals surface area contributed by atoms with Gasteiger partial charge in [0.05, 0.1) is 7.11 Å². The van der Waals surface area contributed by atoms with Crippen LogP contribution in [0.5, 0.6) is 0 Å². The van der Waals surface area contributed by atoms with Gasteiger partial charge in [-0.15, -0.1) is 0 Å². The molecule has 1 aromatic heterocycles. The number of hydrogen-bond donors (Lipinski definition) is 1. The van der Waals surface area contributed by atoms with Crippen molar-refractivity contribution >= 4 is 38.2 Å². The molecule has 2 aromatic rings. The molecule has 0 saturated carbocycles. The number of benzene rings is 1. The quantitative estimate of drug-likeness (QED) is 0.860. The monoisotopic (exact) mass is 326 g/mol. The zero-order valence-corrected chi connectivity index (χ0v) is 12.3. The molecule has 18 heavy (non-hydrogen) atoms. The third-order valence-corrected chi connectivity index (χ3v) is 4.42. The van der Waals surface area contributed by atoms with Crippen LogP contribution in [0.2, 0.25) is 0 Å². The van der Waals surface area contributed by atoms with Crippen LogP contribution in [0.4, 0.5) is 5.00 Å². The molecular formula is C12H11BrN2O2S. The molecular weight excluding hydrogens is 316 g/mol. The Morgan fingerprint density at radius 3 is 2.89 bits per heavy atom. The number of nitrogens with zero attached hydrogens (tertiary/aromatic N) is 1. The third-order valence-electron chi connectivity index (χ3n) is 2.45. The van der Waals surface area contributed by atoms with E-state index in [0.29, 0.717) is 10.0 Å². The number of aryl methyl sites for hydroxylation is 1. The Labute approximate surface area is 117 Å². The number of carbonyl (C=O) groups is 1. The van der Waals surface area contributed by atoms with Crippen LogP contribution < -0.4 is 5.73 Å². The molecule has 0 aliphatic heterocycles. The Bertz CT molecular complexity index is 610. The van der Waals surface area contributed by atoms with Crippen molar-refractivity contribution < 1.29 is 9.53 Å². The Morgan fingerprint density at radius 1 is 1.50 bits per heavy atom. The summed E-state index contributed by atoms with van der Waals surface area (Å²) in [5, 5.41) is 1.06. The second-order valence-electron chi connectivity index (χ2n) is 3.66. The summed E-state index contributed by atoms with van der Waals surface area (Å²) in [6, 6.07) is 5.85. The topological polar surface area (TPSA) is 65.2 Å². The second-order valence-corrected chi connectivity index (χ2v) is 5.48. The molecule has 2 rings (SSSR count). The third kappa shape index (κ3) is 2.26. The maximum absolute atomic E-state index is 11.5. The first kappa shape index (κ1) is 13.0. The number of halogens is 1. The van der Waals surface area contributed by atoms with E-state index in [2.05, 4.69) is 25.7 Å². The molecule has 0 saturated heterocycles. The van der Waals surface area contributed by atoms with Gasteiger partial charge >= 0.3 is 5.97 Å². The van der Waals surface area contributed by atoms with E-state index in [4.69, 9.17) is 5.73 Å². The Hall–Kier alpha value is -1.40. The average molecular weight is 327 g/mol. The van der Waals surface area contributed by atoms with E-state index >= 15 is 0 Å². The van der Waals surface area contributed by atoms with Crippen molar-refractivity contribution in [2.45, 2.75) is 6.92 Å². The number of thiazole rings is 1. The number of nitrogen functional groups attached to an aromatic ring is 1. The number of methoxy groups -OCH3 is 1. The van der Waals surface area contributed by atoms with Crippen LogP contribution in [0, 0.1) is 6.92 Å². The lowest BCUT2D eigenvalue weighted by molar-refractivity contribution is 0.0596. The van der Waals surface area contributed by atoms with Crippen molar-refractivity contribution in [3.63, 3.8) is 0 Å². The molecule has 0 bridgehead atoms. The maximum Gasteiger partial charge on any atom is 0.359 e. The number of nitrogens with two attached hydrogens (primary N) is 1. The van der Waals surface area contributed by atoms with E-state index < -0.39 is 5.97 Å². The number of rotatable bonds is 2. The highest BCUT2D eigenvalue weighted by Crippen LogP contribution is 2.36. The van der Waals surface area contributed by atoms with E-state index in [9.17, 15) is 4.79 Å². The molecule has 1 heterocycles. The van der Waals surface area contributed by atoms with E-state index in [1.165, 1.54) is 18.4 Å². The Balaban J connectivity index is 2.53. The fourth-order valence-electron chi connectivity index (χ4n) is 1.50. The molecule has 0 aliphatic carbocycles. The summed E-state index contributed by atoms with van der Waals surface area (Å²) in [4.78, 5) is 15.7. The standard InChI is InChI=1S/C12H11BrN2O2S/c1-6-4-3-5-7(8(6)13)11-15-9(10(14)18-11)12(16)17-2/h3-5H,14H2,1-2H3. The van der Waals surface area contributed by atoms with Gasteiger partial charge < -0.3 is 10.5 Å². The van der Waals surface area contributed by atoms with E-state index in [-0.39, 0.29) is 5.69 Å². The zero-order chi connectivity index (χ0) is 13.3. The van der Waals surface area contributed by atoms with Gasteiger partial charge in [-0.05, 0) is 28.4 Å². The lowest BCUT2D eigenvalue weighted by Crippen LogP contribution is -2.04. The van der Waals surface area contributed by atoms with E-state index in [1.807, 2.05) is 25.1 Å². The van der Waals surface area contributed by atoms with Crippen LogP contribution in [0.1, 0.15) is 16.1 Å². The molecule has 0 fully saturated rings. The summed E-state index contributed by atoms with van der Waals surface area (Å²) in [6.45, 7) is 1.99. The number of aromatic nitrogens is 1. The van der Waals surface area contributed by atoms with Crippen molar-refractivity contribution in [3.8, 4) is 10.6 Å². The molecule has 6 heteroatoms. The first-order chi connectivity index (χ1) is 8.54. The minimum Gasteiger partial charge on any atom is -0.464 e. The molecule has 1 aromatic carbocycles. The summed E-state index contributed by atoms with van der Waals surface area (Å²) in [6.07, 6.45) is 0. The van der Waals surface area contributed by atoms with Gasteiger partial charge in [-0.1, -0.05) is 29.5 Å². The van der Waals surface area contributed by atoms with Crippen LogP contribution in [0.15, 0.2) is 22.7 Å². The van der Waals surface area contributed by atoms with Crippen molar-refractivity contribution in [2.75, 3.05) is 12.8 Å². The minimum absolute atomic E-state index is 0.172. The second kappa shape index (κ2) is 5.07. The SMILES string of the molecule is COC(=O)c1nc(-c2cccc(C)c2Br)sc1N. The smallest absolute Gasteiger partial charge is 0.359 e. The molecule has 0 aliphatic rings. The molecule has 0 radical (unpaired) electrons. The normalized spacial score (nSPS) is 10.4. The van der Waals surface area contributed by atoms with Crippen LogP contribution in [-0.4, -0.2) is 18.1 Å². The summed E-state index contributed by atoms with van der Waals surface area (Å²) in [7, 11) is 1.31. The van der Waals surface area contributed by atoms with Crippen molar-refractivity contribution in [2.24, 2.45) is 0 Å². The maximum atomic E-state index is 11.5. The van der Waals surface area contributed by atoms with Crippen LogP contribution in [0.25, 0.3) is 10.6 Å². The molecule has 4 nitrogen and oxygen atoms in total. The van der Waals surface area contributed by atoms with Crippen molar-refractivity contribution in [1.82, 2.24) is 4.98 Å². The summed E-state index contributed by atoms with van der Waals surface area (Å²) >= 11 is 4.78. The van der Waals surface area contributed by atoms with Gasteiger partial charge in [0.25, 0.3) is 0 Å². The predicted molar refractivity (Wildman–Crippen MR) is 75.7 cm³/mol. The highest BCUT2D eigenvalue weighted by atomic mass is 79.9. The number of anilines is 1. The number of carbonyl (C=O) groups excluding carboxylic acids is 1. The van der Waals surface area contributed by atoms with Gasteiger partial charge in [0, 0.05) is 10.0 Å². The first-order valence-corrected chi connectivity index (χ1v) is 6.75. The summed E-state index contributed by atoms with van der Waals surface area (Å²) < 4.78 is 5.59. The van der Waals surface area contributed by atoms with Crippen LogP contribution in [-0.2, 0) is 4.74 Å². The van der Waals surface area contributed by atoms with Crippen molar-refractivity contribution in [1.29, 1.82) is 0 Å². The molecule has 0 amide bonds. The van der Waals surface area contributed by atoms with Crippen molar-refractivity contribution in [3.05, 3.63) is 33.9 Å². The molecule has 2 N–H and O–H groups in total. The van der Waals surface area contributed by atoms with Gasteiger partial charge in [-0.25, -0.2) is 9.78 Å². The lowest BCUT2D eigenvalue weighted by atomic mass is 10.1. The van der Waals surface area contributed by atoms with Crippen LogP contribution >= 0.6 is 27.3 Å². The highest BCUT2D eigenvalue weighted by Gasteiger charge is 2.18. The first-order valence-electron chi connectivity index (χ1n) is 5.14. The van der Waals surface area contributed by atoms with E-state index in [0.717, 1.165) is 15.6 Å². The average Bonchev–Trinajstić information content (AvgIpc) is 2.73. The molecule has 94 valence electrons. The number of ether oxygens (including phenoxy) is 1. The van der Waals surface area contributed by atoms with Gasteiger partial charge in [0.1, 0.15) is 10.0 Å². The Kier molecular flexibility index (Phi) is 3.68. The van der Waals surface area contributed by atoms with Gasteiger partial charge in [0.15, 0.2) is 5.69 Å². The Morgan fingerprint density at radius 2 is 2.22 bits per heavy atom. The molecule has 0 unspecified atom stereocenters. The van der Waals surface area contributed by atoms with Gasteiger partial charge in [0.2, 0.25) is 0 Å². The minimum atomic E-state index is -0.515. The van der Waals surface area contributed by atoms with Crippen LogP contribution in [0.3, 0.4) is 0 Å². The zero-order valence-electron chi connectivity index (χ0n) is 9.86. The molecule has 0 spiro atoms. The summed E-state index contributed by atoms with van der Waals surface area (Å²) in [5.74, 6) is -0.515. The number of hydrogen-bond acceptors (Lipinski definition) is 5. The fourth-order valence-corrected chi connectivity index (χ4v) is 2.94. The molecule has 0 atom stereocenters. The van der Waals surface area contributed by atoms with E-state index in [1.54, 1.807) is 0 Å². The highest BCUT2D eigenvalue weighted by molar-refractivity contribution is 9.10.